The number of halogens is 1. The molecule has 0 saturated heterocycles. The van der Waals surface area contributed by atoms with Crippen molar-refractivity contribution >= 4 is 22.6 Å². The summed E-state index contributed by atoms with van der Waals surface area (Å²) in [5, 5.41) is 0. The smallest absolute Gasteiger partial charge is 0.119 e. The summed E-state index contributed by atoms with van der Waals surface area (Å²) in [6, 6.07) is 10.2. The highest BCUT2D eigenvalue weighted by Crippen LogP contribution is 2.02. The number of ether oxygens (including phenoxy) is 1. The number of aromatic nitrogens is 2. The van der Waals surface area contributed by atoms with Gasteiger partial charge in [0.25, 0.3) is 0 Å². The van der Waals surface area contributed by atoms with Crippen LogP contribution in [0.25, 0.3) is 0 Å². The molecule has 0 amide bonds. The summed E-state index contributed by atoms with van der Waals surface area (Å²) >= 11 is 2.20. The molecule has 1 aromatic carbocycles. The zero-order valence-corrected chi connectivity index (χ0v) is 11.0. The van der Waals surface area contributed by atoms with E-state index in [9.17, 15) is 0 Å². The molecule has 0 bridgehead atoms. The first-order valence-electron chi connectivity index (χ1n) is 5.13. The number of imidazole rings is 1. The van der Waals surface area contributed by atoms with Crippen molar-refractivity contribution in [2.24, 2.45) is 0 Å². The van der Waals surface area contributed by atoms with Gasteiger partial charge in [-0.1, -0.05) is 30.3 Å². The SMILES string of the molecule is Ic1cn(CCOCc2ccccc2)cn1. The fourth-order valence-electron chi connectivity index (χ4n) is 1.39. The molecule has 16 heavy (non-hydrogen) atoms. The molecule has 0 aliphatic heterocycles. The van der Waals surface area contributed by atoms with Crippen molar-refractivity contribution in [3.8, 4) is 0 Å². The molecule has 2 aromatic rings. The molecule has 0 N–H and O–H groups in total. The quantitative estimate of drug-likeness (QED) is 0.623. The highest BCUT2D eigenvalue weighted by molar-refractivity contribution is 14.1. The first kappa shape index (κ1) is 11.6. The van der Waals surface area contributed by atoms with Crippen molar-refractivity contribution in [2.45, 2.75) is 13.2 Å². The number of hydrogen-bond donors (Lipinski definition) is 0. The molecule has 0 fully saturated rings. The summed E-state index contributed by atoms with van der Waals surface area (Å²) < 4.78 is 8.63. The maximum atomic E-state index is 5.58. The lowest BCUT2D eigenvalue weighted by atomic mass is 10.2. The van der Waals surface area contributed by atoms with Crippen molar-refractivity contribution in [1.82, 2.24) is 9.55 Å². The Labute approximate surface area is 109 Å². The Morgan fingerprint density at radius 2 is 2.06 bits per heavy atom. The van der Waals surface area contributed by atoms with Gasteiger partial charge in [-0.15, -0.1) is 0 Å². The molecular formula is C12H13IN2O. The largest absolute Gasteiger partial charge is 0.375 e. The molecule has 3 nitrogen and oxygen atoms in total. The van der Waals surface area contributed by atoms with Gasteiger partial charge in [0, 0.05) is 12.7 Å². The molecule has 4 heteroatoms. The van der Waals surface area contributed by atoms with Crippen LogP contribution in [0.3, 0.4) is 0 Å². The van der Waals surface area contributed by atoms with E-state index >= 15 is 0 Å². The molecule has 0 aliphatic rings. The molecule has 1 aromatic heterocycles. The maximum absolute atomic E-state index is 5.58. The van der Waals surface area contributed by atoms with Crippen LogP contribution < -0.4 is 0 Å². The maximum Gasteiger partial charge on any atom is 0.119 e. The molecule has 84 valence electrons. The first-order chi connectivity index (χ1) is 7.84. The van der Waals surface area contributed by atoms with Gasteiger partial charge in [-0.25, -0.2) is 4.98 Å². The van der Waals surface area contributed by atoms with Crippen LogP contribution in [0.15, 0.2) is 42.9 Å². The minimum Gasteiger partial charge on any atom is -0.375 e. The summed E-state index contributed by atoms with van der Waals surface area (Å²) in [4.78, 5) is 4.15. The average Bonchev–Trinajstić information content (AvgIpc) is 2.72. The number of hydrogen-bond acceptors (Lipinski definition) is 2. The van der Waals surface area contributed by atoms with Crippen LogP contribution in [0.1, 0.15) is 5.56 Å². The molecular weight excluding hydrogens is 315 g/mol. The van der Waals surface area contributed by atoms with Crippen LogP contribution >= 0.6 is 22.6 Å². The zero-order valence-electron chi connectivity index (χ0n) is 8.84. The topological polar surface area (TPSA) is 27.1 Å². The normalized spacial score (nSPS) is 10.6. The van der Waals surface area contributed by atoms with E-state index in [2.05, 4.69) is 39.7 Å². The Balaban J connectivity index is 1.69. The minimum atomic E-state index is 0.673. The third-order valence-electron chi connectivity index (χ3n) is 2.21. The van der Waals surface area contributed by atoms with Crippen LogP contribution in [-0.4, -0.2) is 16.2 Å². The van der Waals surface area contributed by atoms with Crippen LogP contribution in [0.4, 0.5) is 0 Å². The Hall–Kier alpha value is -0.880. The van der Waals surface area contributed by atoms with Crippen molar-refractivity contribution in [1.29, 1.82) is 0 Å². The summed E-state index contributed by atoms with van der Waals surface area (Å²) in [6.07, 6.45) is 3.83. The van der Waals surface area contributed by atoms with Crippen molar-refractivity contribution in [3.05, 3.63) is 52.1 Å². The number of benzene rings is 1. The van der Waals surface area contributed by atoms with E-state index in [-0.39, 0.29) is 0 Å². The van der Waals surface area contributed by atoms with Crippen LogP contribution in [0, 0.1) is 3.70 Å². The summed E-state index contributed by atoms with van der Waals surface area (Å²) in [5.41, 5.74) is 1.21. The predicted octanol–water partition coefficient (Wildman–Crippen LogP) is 2.70. The molecule has 1 heterocycles. The van der Waals surface area contributed by atoms with E-state index in [0.29, 0.717) is 13.2 Å². The Morgan fingerprint density at radius 1 is 1.25 bits per heavy atom. The highest BCUT2D eigenvalue weighted by Gasteiger charge is 1.95. The molecule has 0 aliphatic carbocycles. The van der Waals surface area contributed by atoms with Gasteiger partial charge >= 0.3 is 0 Å². The molecule has 2 rings (SSSR count). The Kier molecular flexibility index (Phi) is 4.35. The van der Waals surface area contributed by atoms with E-state index in [4.69, 9.17) is 4.74 Å². The fourth-order valence-corrected chi connectivity index (χ4v) is 1.87. The summed E-state index contributed by atoms with van der Waals surface area (Å²) in [6.45, 7) is 2.23. The third-order valence-corrected chi connectivity index (χ3v) is 2.76. The lowest BCUT2D eigenvalue weighted by molar-refractivity contribution is 0.113. The van der Waals surface area contributed by atoms with E-state index in [1.165, 1.54) is 5.56 Å². The third kappa shape index (κ3) is 3.61. The second-order valence-corrected chi connectivity index (χ2v) is 4.58. The fraction of sp³-hybridized carbons (Fsp3) is 0.250. The van der Waals surface area contributed by atoms with Gasteiger partial charge in [0.1, 0.15) is 3.70 Å². The minimum absolute atomic E-state index is 0.673. The molecule has 0 radical (unpaired) electrons. The van der Waals surface area contributed by atoms with Gasteiger partial charge in [-0.3, -0.25) is 0 Å². The second-order valence-electron chi connectivity index (χ2n) is 3.47. The van der Waals surface area contributed by atoms with Gasteiger partial charge in [-0.2, -0.15) is 0 Å². The highest BCUT2D eigenvalue weighted by atomic mass is 127. The monoisotopic (exact) mass is 328 g/mol. The second kappa shape index (κ2) is 6.00. The summed E-state index contributed by atoms with van der Waals surface area (Å²) in [5.74, 6) is 0. The zero-order chi connectivity index (χ0) is 11.2. The van der Waals surface area contributed by atoms with Gasteiger partial charge in [0.2, 0.25) is 0 Å². The number of nitrogens with zero attached hydrogens (tertiary/aromatic N) is 2. The lowest BCUT2D eigenvalue weighted by Crippen LogP contribution is -2.04. The van der Waals surface area contributed by atoms with Crippen molar-refractivity contribution in [2.75, 3.05) is 6.61 Å². The van der Waals surface area contributed by atoms with E-state index in [1.807, 2.05) is 35.3 Å². The lowest BCUT2D eigenvalue weighted by Gasteiger charge is -2.04. The van der Waals surface area contributed by atoms with Gasteiger partial charge < -0.3 is 9.30 Å². The van der Waals surface area contributed by atoms with Gasteiger partial charge in [-0.05, 0) is 28.2 Å². The molecule has 0 spiro atoms. The average molecular weight is 328 g/mol. The van der Waals surface area contributed by atoms with Gasteiger partial charge in [0.05, 0.1) is 19.5 Å². The molecule has 0 atom stereocenters. The standard InChI is InChI=1S/C12H13IN2O/c13-12-8-15(10-14-12)6-7-16-9-11-4-2-1-3-5-11/h1-5,8,10H,6-7,9H2. The van der Waals surface area contributed by atoms with E-state index in [1.54, 1.807) is 0 Å². The Bertz CT molecular complexity index is 428. The van der Waals surface area contributed by atoms with Gasteiger partial charge in [0.15, 0.2) is 0 Å². The predicted molar refractivity (Wildman–Crippen MR) is 71.0 cm³/mol. The molecule has 0 unspecified atom stereocenters. The van der Waals surface area contributed by atoms with Crippen LogP contribution in [0.2, 0.25) is 0 Å². The molecule has 0 saturated carbocycles. The summed E-state index contributed by atoms with van der Waals surface area (Å²) in [7, 11) is 0. The van der Waals surface area contributed by atoms with Crippen molar-refractivity contribution in [3.63, 3.8) is 0 Å². The van der Waals surface area contributed by atoms with Crippen LogP contribution in [-0.2, 0) is 17.9 Å². The van der Waals surface area contributed by atoms with E-state index < -0.39 is 0 Å². The van der Waals surface area contributed by atoms with Crippen LogP contribution in [0.5, 0.6) is 0 Å². The first-order valence-corrected chi connectivity index (χ1v) is 6.21. The Morgan fingerprint density at radius 3 is 2.75 bits per heavy atom. The van der Waals surface area contributed by atoms with E-state index in [0.717, 1.165) is 10.2 Å². The number of rotatable bonds is 5. The van der Waals surface area contributed by atoms with Crippen molar-refractivity contribution < 1.29 is 4.74 Å².